The number of rotatable bonds is 6. The molecule has 0 saturated carbocycles. The molecule has 2 aromatic heterocycles. The van der Waals surface area contributed by atoms with Crippen molar-refractivity contribution < 1.29 is 14.3 Å². The lowest BCUT2D eigenvalue weighted by molar-refractivity contribution is 0.0709. The Morgan fingerprint density at radius 3 is 2.80 bits per heavy atom. The topological polar surface area (TPSA) is 87.6 Å². The summed E-state index contributed by atoms with van der Waals surface area (Å²) in [5.41, 5.74) is 0.603. The molecule has 3 heterocycles. The van der Waals surface area contributed by atoms with Crippen molar-refractivity contribution in [3.8, 4) is 0 Å². The number of nitrogens with zero attached hydrogens (tertiary/aromatic N) is 5. The Hall–Kier alpha value is -2.19. The molecule has 25 heavy (non-hydrogen) atoms. The number of likely N-dealkylation sites (tertiary alicyclic amines) is 1. The second-order valence-corrected chi connectivity index (χ2v) is 6.57. The summed E-state index contributed by atoms with van der Waals surface area (Å²) in [7, 11) is 3.94. The molecule has 0 bridgehead atoms. The summed E-state index contributed by atoms with van der Waals surface area (Å²) >= 11 is 0. The maximum Gasteiger partial charge on any atom is 0.257 e. The summed E-state index contributed by atoms with van der Waals surface area (Å²) in [6.07, 6.45) is 4.77. The van der Waals surface area contributed by atoms with Crippen LogP contribution < -0.4 is 0 Å². The van der Waals surface area contributed by atoms with E-state index in [0.29, 0.717) is 37.7 Å². The highest BCUT2D eigenvalue weighted by Gasteiger charge is 2.28. The van der Waals surface area contributed by atoms with E-state index in [4.69, 9.17) is 9.52 Å². The highest BCUT2D eigenvalue weighted by atomic mass is 16.3. The molecule has 8 nitrogen and oxygen atoms in total. The van der Waals surface area contributed by atoms with Crippen molar-refractivity contribution in [2.75, 3.05) is 33.3 Å². The molecule has 2 aromatic rings. The van der Waals surface area contributed by atoms with E-state index < -0.39 is 0 Å². The summed E-state index contributed by atoms with van der Waals surface area (Å²) in [4.78, 5) is 16.2. The first-order valence-electron chi connectivity index (χ1n) is 8.59. The Bertz CT molecular complexity index is 689. The standard InChI is InChI=1S/C17H25N5O3/c1-20(8-9-23)11-15-18-19-16(21(15)2)13-3-6-22(7-4-13)17(24)14-5-10-25-12-14/h5,10,12-13,23H,3-4,6-9,11H2,1-2H3. The molecule has 136 valence electrons. The van der Waals surface area contributed by atoms with Gasteiger partial charge in [0.15, 0.2) is 0 Å². The van der Waals surface area contributed by atoms with Crippen LogP contribution in [0.2, 0.25) is 0 Å². The highest BCUT2D eigenvalue weighted by molar-refractivity contribution is 5.93. The molecule has 1 aliphatic heterocycles. The zero-order valence-electron chi connectivity index (χ0n) is 14.8. The summed E-state index contributed by atoms with van der Waals surface area (Å²) in [6, 6.07) is 1.70. The van der Waals surface area contributed by atoms with Gasteiger partial charge in [0, 0.05) is 32.6 Å². The number of amides is 1. The molecule has 0 aromatic carbocycles. The Kier molecular flexibility index (Phi) is 5.50. The van der Waals surface area contributed by atoms with Gasteiger partial charge in [0.05, 0.1) is 25.0 Å². The number of aliphatic hydroxyl groups is 1. The second-order valence-electron chi connectivity index (χ2n) is 6.57. The lowest BCUT2D eigenvalue weighted by Crippen LogP contribution is -2.38. The smallest absolute Gasteiger partial charge is 0.257 e. The van der Waals surface area contributed by atoms with Gasteiger partial charge in [-0.05, 0) is 26.0 Å². The third kappa shape index (κ3) is 3.91. The minimum absolute atomic E-state index is 0.0245. The maximum absolute atomic E-state index is 12.4. The van der Waals surface area contributed by atoms with Crippen LogP contribution in [-0.2, 0) is 13.6 Å². The fourth-order valence-electron chi connectivity index (χ4n) is 3.27. The quantitative estimate of drug-likeness (QED) is 0.834. The van der Waals surface area contributed by atoms with Crippen molar-refractivity contribution in [2.45, 2.75) is 25.3 Å². The summed E-state index contributed by atoms with van der Waals surface area (Å²) < 4.78 is 7.04. The molecule has 0 radical (unpaired) electrons. The van der Waals surface area contributed by atoms with E-state index in [1.807, 2.05) is 28.5 Å². The average Bonchev–Trinajstić information content (AvgIpc) is 3.26. The fraction of sp³-hybridized carbons (Fsp3) is 0.588. The largest absolute Gasteiger partial charge is 0.472 e. The van der Waals surface area contributed by atoms with Gasteiger partial charge in [0.25, 0.3) is 5.91 Å². The molecule has 1 N–H and O–H groups in total. The first-order valence-corrected chi connectivity index (χ1v) is 8.59. The molecule has 1 fully saturated rings. The molecule has 0 spiro atoms. The molecule has 0 atom stereocenters. The number of carbonyl (C=O) groups excluding carboxylic acids is 1. The van der Waals surface area contributed by atoms with Gasteiger partial charge < -0.3 is 19.0 Å². The van der Waals surface area contributed by atoms with Crippen molar-refractivity contribution in [3.63, 3.8) is 0 Å². The number of piperidine rings is 1. The number of aliphatic hydroxyl groups excluding tert-OH is 1. The number of aromatic nitrogens is 3. The minimum atomic E-state index is 0.0245. The normalized spacial score (nSPS) is 15.9. The highest BCUT2D eigenvalue weighted by Crippen LogP contribution is 2.27. The molecule has 0 unspecified atom stereocenters. The third-order valence-electron chi connectivity index (χ3n) is 4.81. The van der Waals surface area contributed by atoms with E-state index in [2.05, 4.69) is 10.2 Å². The van der Waals surface area contributed by atoms with Crippen LogP contribution in [-0.4, -0.2) is 68.9 Å². The van der Waals surface area contributed by atoms with E-state index >= 15 is 0 Å². The van der Waals surface area contributed by atoms with E-state index in [9.17, 15) is 4.79 Å². The predicted molar refractivity (Wildman–Crippen MR) is 91.0 cm³/mol. The zero-order valence-corrected chi connectivity index (χ0v) is 14.8. The van der Waals surface area contributed by atoms with Crippen molar-refractivity contribution in [1.82, 2.24) is 24.6 Å². The van der Waals surface area contributed by atoms with Gasteiger partial charge >= 0.3 is 0 Å². The summed E-state index contributed by atoms with van der Waals surface area (Å²) in [5, 5.41) is 17.7. The molecular formula is C17H25N5O3. The van der Waals surface area contributed by atoms with Gasteiger partial charge in [-0.3, -0.25) is 9.69 Å². The van der Waals surface area contributed by atoms with Crippen LogP contribution in [0.15, 0.2) is 23.0 Å². The molecule has 1 amide bonds. The van der Waals surface area contributed by atoms with Crippen LogP contribution >= 0.6 is 0 Å². The monoisotopic (exact) mass is 347 g/mol. The molecule has 1 saturated heterocycles. The molecule has 1 aliphatic rings. The third-order valence-corrected chi connectivity index (χ3v) is 4.81. The van der Waals surface area contributed by atoms with Gasteiger partial charge in [-0.2, -0.15) is 0 Å². The van der Waals surface area contributed by atoms with Crippen LogP contribution in [0.3, 0.4) is 0 Å². The minimum Gasteiger partial charge on any atom is -0.472 e. The number of carbonyl (C=O) groups is 1. The number of hydrogen-bond donors (Lipinski definition) is 1. The summed E-state index contributed by atoms with van der Waals surface area (Å²) in [6.45, 7) is 2.81. The Balaban J connectivity index is 1.60. The molecular weight excluding hydrogens is 322 g/mol. The maximum atomic E-state index is 12.4. The Labute approximate surface area is 147 Å². The van der Waals surface area contributed by atoms with E-state index in [0.717, 1.165) is 24.5 Å². The van der Waals surface area contributed by atoms with E-state index in [1.54, 1.807) is 6.07 Å². The molecule has 0 aliphatic carbocycles. The SMILES string of the molecule is CN(CCO)Cc1nnc(C2CCN(C(=O)c3ccoc3)CC2)n1C. The predicted octanol–water partition coefficient (Wildman–Crippen LogP) is 0.852. The number of furan rings is 1. The van der Waals surface area contributed by atoms with Gasteiger partial charge in [-0.1, -0.05) is 0 Å². The van der Waals surface area contributed by atoms with Gasteiger partial charge in [0.2, 0.25) is 0 Å². The van der Waals surface area contributed by atoms with Crippen LogP contribution in [0.5, 0.6) is 0 Å². The molecule has 3 rings (SSSR count). The van der Waals surface area contributed by atoms with Crippen LogP contribution in [0.25, 0.3) is 0 Å². The van der Waals surface area contributed by atoms with Gasteiger partial charge in [-0.15, -0.1) is 10.2 Å². The van der Waals surface area contributed by atoms with E-state index in [-0.39, 0.29) is 12.5 Å². The van der Waals surface area contributed by atoms with Crippen molar-refractivity contribution in [2.24, 2.45) is 7.05 Å². The van der Waals surface area contributed by atoms with Crippen LogP contribution in [0.1, 0.15) is 40.8 Å². The van der Waals surface area contributed by atoms with E-state index in [1.165, 1.54) is 12.5 Å². The first kappa shape index (κ1) is 17.6. The average molecular weight is 347 g/mol. The van der Waals surface area contributed by atoms with Crippen molar-refractivity contribution in [3.05, 3.63) is 35.8 Å². The number of hydrogen-bond acceptors (Lipinski definition) is 6. The second kappa shape index (κ2) is 7.79. The van der Waals surface area contributed by atoms with Gasteiger partial charge in [-0.25, -0.2) is 0 Å². The fourth-order valence-corrected chi connectivity index (χ4v) is 3.27. The van der Waals surface area contributed by atoms with Gasteiger partial charge in [0.1, 0.15) is 17.9 Å². The lowest BCUT2D eigenvalue weighted by Gasteiger charge is -2.31. The van der Waals surface area contributed by atoms with Crippen LogP contribution in [0, 0.1) is 0 Å². The first-order chi connectivity index (χ1) is 12.1. The Morgan fingerprint density at radius 1 is 1.40 bits per heavy atom. The Morgan fingerprint density at radius 2 is 2.16 bits per heavy atom. The summed E-state index contributed by atoms with van der Waals surface area (Å²) in [5.74, 6) is 2.20. The van der Waals surface area contributed by atoms with Crippen molar-refractivity contribution >= 4 is 5.91 Å². The van der Waals surface area contributed by atoms with Crippen LogP contribution in [0.4, 0.5) is 0 Å². The molecule has 8 heteroatoms. The lowest BCUT2D eigenvalue weighted by atomic mass is 9.95. The number of likely N-dealkylation sites (N-methyl/N-ethyl adjacent to an activating group) is 1. The zero-order chi connectivity index (χ0) is 17.8. The van der Waals surface area contributed by atoms with Crippen molar-refractivity contribution in [1.29, 1.82) is 0 Å².